The molecule has 3 rings (SSSR count). The number of amides is 3. The van der Waals surface area contributed by atoms with Gasteiger partial charge in [-0.3, -0.25) is 4.79 Å². The molecule has 9 heteroatoms. The number of nitrogens with zero attached hydrogens (tertiary/aromatic N) is 4. The molecule has 1 unspecified atom stereocenters. The minimum Gasteiger partial charge on any atom is -0.373 e. The molecule has 1 atom stereocenters. The van der Waals surface area contributed by atoms with Gasteiger partial charge in [-0.2, -0.15) is 0 Å². The zero-order valence-electron chi connectivity index (χ0n) is 14.8. The van der Waals surface area contributed by atoms with Crippen molar-refractivity contribution in [2.75, 3.05) is 31.6 Å². The minimum atomic E-state index is -0.319. The largest absolute Gasteiger partial charge is 0.373 e. The van der Waals surface area contributed by atoms with E-state index in [0.29, 0.717) is 31.9 Å². The van der Waals surface area contributed by atoms with E-state index in [2.05, 4.69) is 20.8 Å². The normalized spacial score (nSPS) is 17.0. The molecule has 0 bridgehead atoms. The molecule has 0 saturated carbocycles. The highest BCUT2D eigenvalue weighted by molar-refractivity contribution is 5.89. The summed E-state index contributed by atoms with van der Waals surface area (Å²) in [7, 11) is 1.87. The van der Waals surface area contributed by atoms with Crippen molar-refractivity contribution in [3.63, 3.8) is 0 Å². The van der Waals surface area contributed by atoms with Crippen molar-refractivity contribution in [1.82, 2.24) is 25.0 Å². The third-order valence-corrected chi connectivity index (χ3v) is 4.19. The van der Waals surface area contributed by atoms with Crippen LogP contribution < -0.4 is 10.6 Å². The van der Waals surface area contributed by atoms with Gasteiger partial charge in [-0.05, 0) is 24.3 Å². The average molecular weight is 358 g/mol. The predicted molar refractivity (Wildman–Crippen MR) is 95.5 cm³/mol. The molecule has 2 N–H and O–H groups in total. The molecule has 1 fully saturated rings. The van der Waals surface area contributed by atoms with Gasteiger partial charge in [0, 0.05) is 44.9 Å². The Kier molecular flexibility index (Phi) is 5.47. The van der Waals surface area contributed by atoms with E-state index in [4.69, 9.17) is 4.74 Å². The van der Waals surface area contributed by atoms with Gasteiger partial charge in [0.1, 0.15) is 6.33 Å². The van der Waals surface area contributed by atoms with E-state index in [0.717, 1.165) is 11.4 Å². The Morgan fingerprint density at radius 3 is 2.73 bits per heavy atom. The summed E-state index contributed by atoms with van der Waals surface area (Å²) in [4.78, 5) is 25.2. The van der Waals surface area contributed by atoms with Crippen molar-refractivity contribution in [2.24, 2.45) is 7.05 Å². The lowest BCUT2D eigenvalue weighted by molar-refractivity contribution is -0.136. The number of nitrogens with one attached hydrogen (secondary N) is 2. The van der Waals surface area contributed by atoms with E-state index >= 15 is 0 Å². The molecule has 0 spiro atoms. The number of aryl methyl sites for hydroxylation is 1. The summed E-state index contributed by atoms with van der Waals surface area (Å²) >= 11 is 0. The zero-order valence-corrected chi connectivity index (χ0v) is 14.8. The lowest BCUT2D eigenvalue weighted by Crippen LogP contribution is -2.49. The van der Waals surface area contributed by atoms with E-state index in [-0.39, 0.29) is 18.0 Å². The SMILES string of the molecule is CC(=O)N1CCOC(CNC(=O)Nc2ccc(-c3nncn3C)cc2)C1. The number of carbonyl (C=O) groups excluding carboxylic acids is 2. The quantitative estimate of drug-likeness (QED) is 0.844. The van der Waals surface area contributed by atoms with Gasteiger partial charge in [0.05, 0.1) is 12.7 Å². The van der Waals surface area contributed by atoms with Gasteiger partial charge in [-0.1, -0.05) is 0 Å². The van der Waals surface area contributed by atoms with Crippen LogP contribution >= 0.6 is 0 Å². The fraction of sp³-hybridized carbons (Fsp3) is 0.412. The van der Waals surface area contributed by atoms with Crippen molar-refractivity contribution < 1.29 is 14.3 Å². The number of ether oxygens (including phenoxy) is 1. The van der Waals surface area contributed by atoms with E-state index in [1.807, 2.05) is 23.7 Å². The molecule has 1 aliphatic heterocycles. The van der Waals surface area contributed by atoms with Crippen molar-refractivity contribution in [1.29, 1.82) is 0 Å². The number of benzene rings is 1. The molecule has 138 valence electrons. The molecule has 0 aliphatic carbocycles. The second-order valence-corrected chi connectivity index (χ2v) is 6.14. The highest BCUT2D eigenvalue weighted by atomic mass is 16.5. The van der Waals surface area contributed by atoms with Crippen LogP contribution in [0.3, 0.4) is 0 Å². The highest BCUT2D eigenvalue weighted by Crippen LogP contribution is 2.18. The fourth-order valence-electron chi connectivity index (χ4n) is 2.76. The Hall–Kier alpha value is -2.94. The Morgan fingerprint density at radius 2 is 2.08 bits per heavy atom. The molecule has 0 radical (unpaired) electrons. The van der Waals surface area contributed by atoms with Gasteiger partial charge in [-0.25, -0.2) is 4.79 Å². The first kappa shape index (κ1) is 17.9. The number of carbonyl (C=O) groups is 2. The number of morpholine rings is 1. The van der Waals surface area contributed by atoms with Crippen LogP contribution in [0.5, 0.6) is 0 Å². The van der Waals surface area contributed by atoms with E-state index in [9.17, 15) is 9.59 Å². The fourth-order valence-corrected chi connectivity index (χ4v) is 2.76. The first-order chi connectivity index (χ1) is 12.5. The zero-order chi connectivity index (χ0) is 18.5. The summed E-state index contributed by atoms with van der Waals surface area (Å²) in [5.74, 6) is 0.774. The standard InChI is InChI=1S/C17H22N6O3/c1-12(24)23-7-8-26-15(10-23)9-18-17(25)20-14-5-3-13(4-6-14)16-21-19-11-22(16)2/h3-6,11,15H,7-10H2,1-2H3,(H2,18,20,25). The molecule has 1 aliphatic rings. The second-order valence-electron chi connectivity index (χ2n) is 6.14. The number of rotatable bonds is 4. The molecule has 3 amide bonds. The van der Waals surface area contributed by atoms with Gasteiger partial charge >= 0.3 is 6.03 Å². The summed E-state index contributed by atoms with van der Waals surface area (Å²) in [6.07, 6.45) is 1.44. The van der Waals surface area contributed by atoms with Gasteiger partial charge in [0.25, 0.3) is 0 Å². The third-order valence-electron chi connectivity index (χ3n) is 4.19. The molecular weight excluding hydrogens is 336 g/mol. The molecule has 1 aromatic heterocycles. The molecule has 26 heavy (non-hydrogen) atoms. The summed E-state index contributed by atoms with van der Waals surface area (Å²) in [6.45, 7) is 3.44. The Morgan fingerprint density at radius 1 is 1.31 bits per heavy atom. The maximum Gasteiger partial charge on any atom is 0.319 e. The molecular formula is C17H22N6O3. The van der Waals surface area contributed by atoms with Crippen LogP contribution in [0, 0.1) is 0 Å². The first-order valence-corrected chi connectivity index (χ1v) is 8.39. The molecule has 2 heterocycles. The summed E-state index contributed by atoms with van der Waals surface area (Å²) in [5.41, 5.74) is 1.58. The molecule has 9 nitrogen and oxygen atoms in total. The number of anilines is 1. The van der Waals surface area contributed by atoms with Crippen LogP contribution in [0.2, 0.25) is 0 Å². The monoisotopic (exact) mass is 358 g/mol. The smallest absolute Gasteiger partial charge is 0.319 e. The number of hydrogen-bond acceptors (Lipinski definition) is 5. The third kappa shape index (κ3) is 4.37. The molecule has 2 aromatic rings. The van der Waals surface area contributed by atoms with E-state index in [1.165, 1.54) is 6.92 Å². The number of aromatic nitrogens is 3. The summed E-state index contributed by atoms with van der Waals surface area (Å²) < 4.78 is 7.40. The van der Waals surface area contributed by atoms with Gasteiger partial charge in [0.2, 0.25) is 5.91 Å². The number of urea groups is 1. The first-order valence-electron chi connectivity index (χ1n) is 8.39. The average Bonchev–Trinajstić information content (AvgIpc) is 3.07. The maximum atomic E-state index is 12.1. The van der Waals surface area contributed by atoms with Gasteiger partial charge in [0.15, 0.2) is 5.82 Å². The van der Waals surface area contributed by atoms with Crippen molar-refractivity contribution in [3.05, 3.63) is 30.6 Å². The van der Waals surface area contributed by atoms with Crippen LogP contribution in [0.15, 0.2) is 30.6 Å². The van der Waals surface area contributed by atoms with Gasteiger partial charge in [-0.15, -0.1) is 10.2 Å². The van der Waals surface area contributed by atoms with Crippen LogP contribution in [0.4, 0.5) is 10.5 Å². The Bertz CT molecular complexity index is 773. The van der Waals surface area contributed by atoms with E-state index in [1.54, 1.807) is 23.4 Å². The predicted octanol–water partition coefficient (Wildman–Crippen LogP) is 0.851. The van der Waals surface area contributed by atoms with Crippen molar-refractivity contribution in [2.45, 2.75) is 13.0 Å². The van der Waals surface area contributed by atoms with E-state index < -0.39 is 0 Å². The molecule has 1 aromatic carbocycles. The molecule has 1 saturated heterocycles. The van der Waals surface area contributed by atoms with Crippen molar-refractivity contribution >= 4 is 17.6 Å². The summed E-state index contributed by atoms with van der Waals surface area (Å²) in [6, 6.07) is 7.03. The minimum absolute atomic E-state index is 0.0192. The highest BCUT2D eigenvalue weighted by Gasteiger charge is 2.22. The van der Waals surface area contributed by atoms with Crippen LogP contribution in [0.1, 0.15) is 6.92 Å². The van der Waals surface area contributed by atoms with Crippen LogP contribution in [0.25, 0.3) is 11.4 Å². The Balaban J connectivity index is 1.49. The lowest BCUT2D eigenvalue weighted by atomic mass is 10.2. The van der Waals surface area contributed by atoms with Crippen molar-refractivity contribution in [3.8, 4) is 11.4 Å². The van der Waals surface area contributed by atoms with Gasteiger partial charge < -0.3 is 24.8 Å². The topological polar surface area (TPSA) is 101 Å². The second kappa shape index (κ2) is 7.96. The maximum absolute atomic E-state index is 12.1. The van der Waals surface area contributed by atoms with Crippen LogP contribution in [-0.2, 0) is 16.6 Å². The Labute approximate surface area is 151 Å². The van der Waals surface area contributed by atoms with Crippen LogP contribution in [-0.4, -0.2) is 63.9 Å². The number of hydrogen-bond donors (Lipinski definition) is 2. The lowest BCUT2D eigenvalue weighted by Gasteiger charge is -2.32. The summed E-state index contributed by atoms with van der Waals surface area (Å²) in [5, 5.41) is 13.4.